The molecule has 3 heteroatoms. The van der Waals surface area contributed by atoms with Crippen molar-refractivity contribution in [3.8, 4) is 0 Å². The number of benzene rings is 1. The monoisotopic (exact) mass is 470 g/mol. The molecule has 4 aliphatic carbocycles. The van der Waals surface area contributed by atoms with Crippen molar-refractivity contribution < 1.29 is 9.59 Å². The number of fused-ring (bicyclic) bond motifs is 5. The topological polar surface area (TPSA) is 34.1 Å². The summed E-state index contributed by atoms with van der Waals surface area (Å²) in [6, 6.07) is 10.9. The van der Waals surface area contributed by atoms with Crippen molar-refractivity contribution in [2.45, 2.75) is 70.5 Å². The van der Waals surface area contributed by atoms with E-state index in [1.165, 1.54) is 35.7 Å². The van der Waals surface area contributed by atoms with Crippen molar-refractivity contribution in [2.24, 2.45) is 34.5 Å². The Bertz CT molecular complexity index is 889. The van der Waals surface area contributed by atoms with E-state index in [0.717, 1.165) is 25.2 Å². The predicted molar refractivity (Wildman–Crippen MR) is 122 cm³/mol. The zero-order valence-electron chi connectivity index (χ0n) is 18.5. The quantitative estimate of drug-likeness (QED) is 0.574. The van der Waals surface area contributed by atoms with Crippen LogP contribution in [0.4, 0.5) is 0 Å². The average molecular weight is 470 g/mol. The van der Waals surface area contributed by atoms with Crippen molar-refractivity contribution in [1.29, 1.82) is 0 Å². The summed E-state index contributed by atoms with van der Waals surface area (Å²) in [6.45, 7) is 6.76. The number of rotatable bonds is 3. The summed E-state index contributed by atoms with van der Waals surface area (Å²) in [7, 11) is 0. The van der Waals surface area contributed by atoms with Crippen LogP contribution in [-0.4, -0.2) is 26.5 Å². The summed E-state index contributed by atoms with van der Waals surface area (Å²) < 4.78 is 1.42. The van der Waals surface area contributed by atoms with Crippen molar-refractivity contribution in [3.05, 3.63) is 42.0 Å². The summed E-state index contributed by atoms with van der Waals surface area (Å²) in [5.74, 6) is 3.11. The first-order chi connectivity index (χ1) is 14.3. The molecule has 3 saturated carbocycles. The fourth-order valence-corrected chi connectivity index (χ4v) is 11.1. The van der Waals surface area contributed by atoms with E-state index in [0.29, 0.717) is 43.2 Å². The van der Waals surface area contributed by atoms with Crippen LogP contribution < -0.4 is 4.46 Å². The zero-order chi connectivity index (χ0) is 21.1. The van der Waals surface area contributed by atoms with E-state index >= 15 is 0 Å². The van der Waals surface area contributed by atoms with Crippen molar-refractivity contribution in [1.82, 2.24) is 0 Å². The van der Waals surface area contributed by atoms with E-state index in [1.54, 1.807) is 0 Å². The van der Waals surface area contributed by atoms with E-state index in [4.69, 9.17) is 0 Å². The van der Waals surface area contributed by atoms with Crippen LogP contribution in [-0.2, 0) is 9.59 Å². The third kappa shape index (κ3) is 3.03. The van der Waals surface area contributed by atoms with Crippen LogP contribution in [0.25, 0.3) is 0 Å². The van der Waals surface area contributed by atoms with Gasteiger partial charge in [-0.15, -0.1) is 0 Å². The Labute approximate surface area is 187 Å². The molecular weight excluding hydrogens is 435 g/mol. The number of Topliss-reactive ketones (excluding diaryl/α,β-unsaturated/α-hetero) is 1. The van der Waals surface area contributed by atoms with Crippen molar-refractivity contribution >= 4 is 31.0 Å². The van der Waals surface area contributed by atoms with Gasteiger partial charge in [0.15, 0.2) is 0 Å². The summed E-state index contributed by atoms with van der Waals surface area (Å²) in [5, 5.41) is 0. The van der Waals surface area contributed by atoms with Crippen LogP contribution in [0, 0.1) is 34.5 Å². The Morgan fingerprint density at radius 3 is 2.53 bits per heavy atom. The standard InChI is InChI=1S/C27H34O2Se/c1-17(28)22-11-12-23-21-10-9-18-15-19(29)16-25(30-20-7-5-4-6-8-20)27(18,3)24(21)13-14-26(22,23)2/h4-8,15,21-25H,9-14,16H2,1-3H3/t21-,22+,23-,24-,25?,26+,27-/m0/s1. The van der Waals surface area contributed by atoms with Gasteiger partial charge in [0.25, 0.3) is 0 Å². The molecule has 0 saturated heterocycles. The molecule has 0 aromatic heterocycles. The first kappa shape index (κ1) is 20.7. The third-order valence-electron chi connectivity index (χ3n) is 9.55. The van der Waals surface area contributed by atoms with Crippen LogP contribution in [0.15, 0.2) is 42.0 Å². The molecule has 4 aliphatic rings. The summed E-state index contributed by atoms with van der Waals surface area (Å²) in [5.41, 5.74) is 1.81. The molecule has 0 spiro atoms. The van der Waals surface area contributed by atoms with Gasteiger partial charge in [-0.05, 0) is 0 Å². The zero-order valence-corrected chi connectivity index (χ0v) is 20.2. The van der Waals surface area contributed by atoms with Gasteiger partial charge in [-0.2, -0.15) is 0 Å². The van der Waals surface area contributed by atoms with Gasteiger partial charge in [0.05, 0.1) is 0 Å². The number of ketones is 2. The fourth-order valence-electron chi connectivity index (χ4n) is 8.08. The molecular formula is C27H34O2Se. The molecule has 0 N–H and O–H groups in total. The van der Waals surface area contributed by atoms with Crippen LogP contribution in [0.3, 0.4) is 0 Å². The van der Waals surface area contributed by atoms with Crippen LogP contribution in [0.1, 0.15) is 65.7 Å². The first-order valence-electron chi connectivity index (χ1n) is 11.8. The number of hydrogen-bond acceptors (Lipinski definition) is 2. The molecule has 1 unspecified atom stereocenters. The molecule has 1 aromatic carbocycles. The molecule has 0 bridgehead atoms. The first-order valence-corrected chi connectivity index (χ1v) is 13.6. The Kier molecular flexibility index (Phi) is 5.14. The van der Waals surface area contributed by atoms with E-state index in [2.05, 4.69) is 44.2 Å². The third-order valence-corrected chi connectivity index (χ3v) is 12.7. The maximum atomic E-state index is 12.7. The van der Waals surface area contributed by atoms with Gasteiger partial charge < -0.3 is 0 Å². The number of allylic oxidation sites excluding steroid dienone is 1. The maximum absolute atomic E-state index is 12.7. The van der Waals surface area contributed by atoms with Crippen LogP contribution >= 0.6 is 0 Å². The van der Waals surface area contributed by atoms with Gasteiger partial charge in [-0.3, -0.25) is 0 Å². The molecule has 5 rings (SSSR count). The molecule has 0 amide bonds. The molecule has 0 aliphatic heterocycles. The van der Waals surface area contributed by atoms with E-state index < -0.39 is 0 Å². The number of carbonyl (C=O) groups is 2. The molecule has 160 valence electrons. The molecule has 1 aromatic rings. The summed E-state index contributed by atoms with van der Waals surface area (Å²) >= 11 is 0.311. The van der Waals surface area contributed by atoms with E-state index in [-0.39, 0.29) is 16.7 Å². The fraction of sp³-hybridized carbons (Fsp3) is 0.630. The molecule has 30 heavy (non-hydrogen) atoms. The molecule has 2 nitrogen and oxygen atoms in total. The van der Waals surface area contributed by atoms with E-state index in [9.17, 15) is 9.59 Å². The summed E-state index contributed by atoms with van der Waals surface area (Å²) in [4.78, 5) is 25.5. The Morgan fingerprint density at radius 2 is 1.80 bits per heavy atom. The molecule has 0 heterocycles. The second-order valence-corrected chi connectivity index (χ2v) is 13.4. The second kappa shape index (κ2) is 7.45. The van der Waals surface area contributed by atoms with Crippen LogP contribution in [0.5, 0.6) is 0 Å². The van der Waals surface area contributed by atoms with Gasteiger partial charge in [-0.25, -0.2) is 0 Å². The van der Waals surface area contributed by atoms with Gasteiger partial charge in [-0.1, -0.05) is 0 Å². The molecule has 0 radical (unpaired) electrons. The van der Waals surface area contributed by atoms with E-state index in [1.807, 2.05) is 13.0 Å². The Morgan fingerprint density at radius 1 is 1.03 bits per heavy atom. The molecule has 7 atom stereocenters. The van der Waals surface area contributed by atoms with Gasteiger partial charge in [0.1, 0.15) is 0 Å². The van der Waals surface area contributed by atoms with Crippen LogP contribution in [0.2, 0.25) is 4.82 Å². The second-order valence-electron chi connectivity index (χ2n) is 10.7. The SMILES string of the molecule is CC(=O)[C@H]1CC[C@H]2[C@@H]3CCC4=CC(=O)CC([Se]c5ccccc5)[C@]4(C)[C@H]3CC[C@]12C. The van der Waals surface area contributed by atoms with Gasteiger partial charge >= 0.3 is 188 Å². The normalized spacial score (nSPS) is 42.7. The van der Waals surface area contributed by atoms with Gasteiger partial charge in [0, 0.05) is 0 Å². The number of carbonyl (C=O) groups excluding carboxylic acids is 2. The number of hydrogen-bond donors (Lipinski definition) is 0. The Balaban J connectivity index is 1.50. The summed E-state index contributed by atoms with van der Waals surface area (Å²) in [6.07, 6.45) is 9.79. The van der Waals surface area contributed by atoms with Crippen molar-refractivity contribution in [2.75, 3.05) is 0 Å². The average Bonchev–Trinajstić information content (AvgIpc) is 3.07. The van der Waals surface area contributed by atoms with Crippen molar-refractivity contribution in [3.63, 3.8) is 0 Å². The van der Waals surface area contributed by atoms with Gasteiger partial charge in [0.2, 0.25) is 0 Å². The predicted octanol–water partition coefficient (Wildman–Crippen LogP) is 5.15. The molecule has 3 fully saturated rings. The Hall–Kier alpha value is -1.18. The minimum atomic E-state index is 0.155. The minimum absolute atomic E-state index is 0.155.